The van der Waals surface area contributed by atoms with Crippen LogP contribution < -0.4 is 10.6 Å². The zero-order valence-electron chi connectivity index (χ0n) is 12.6. The van der Waals surface area contributed by atoms with Crippen molar-refractivity contribution in [3.8, 4) is 0 Å². The Morgan fingerprint density at radius 1 is 1.10 bits per heavy atom. The van der Waals surface area contributed by atoms with Crippen LogP contribution in [-0.2, 0) is 14.4 Å². The maximum Gasteiger partial charge on any atom is 0.414 e. The van der Waals surface area contributed by atoms with Crippen LogP contribution in [0, 0.1) is 0 Å². The van der Waals surface area contributed by atoms with Gasteiger partial charge < -0.3 is 25.7 Å². The van der Waals surface area contributed by atoms with Crippen LogP contribution in [0.2, 0.25) is 0 Å². The van der Waals surface area contributed by atoms with Crippen LogP contribution in [0.25, 0.3) is 0 Å². The van der Waals surface area contributed by atoms with E-state index in [0.29, 0.717) is 12.6 Å². The highest BCUT2D eigenvalue weighted by molar-refractivity contribution is 6.27. The second kappa shape index (κ2) is 11.0. The van der Waals surface area contributed by atoms with Gasteiger partial charge in [-0.3, -0.25) is 4.79 Å². The molecule has 1 saturated carbocycles. The Morgan fingerprint density at radius 2 is 1.62 bits per heavy atom. The van der Waals surface area contributed by atoms with Gasteiger partial charge in [-0.2, -0.15) is 0 Å². The molecular weight excluding hydrogens is 278 g/mol. The number of likely N-dealkylation sites (N-methyl/N-ethyl adjacent to an activating group) is 1. The van der Waals surface area contributed by atoms with Gasteiger partial charge in [0.25, 0.3) is 0 Å². The Kier molecular flexibility index (Phi) is 10.2. The molecule has 1 aliphatic rings. The smallest absolute Gasteiger partial charge is 0.414 e. The molecule has 0 radical (unpaired) electrons. The predicted octanol–water partition coefficient (Wildman–Crippen LogP) is -0.648. The molecule has 122 valence electrons. The topological polar surface area (TPSA) is 119 Å². The molecule has 0 spiro atoms. The predicted molar refractivity (Wildman–Crippen MR) is 77.1 cm³/mol. The third-order valence-electron chi connectivity index (χ3n) is 2.92. The van der Waals surface area contributed by atoms with Gasteiger partial charge in [0.2, 0.25) is 5.91 Å². The van der Waals surface area contributed by atoms with Crippen molar-refractivity contribution in [2.75, 3.05) is 33.7 Å². The van der Waals surface area contributed by atoms with Crippen molar-refractivity contribution in [3.63, 3.8) is 0 Å². The maximum absolute atomic E-state index is 11.5. The van der Waals surface area contributed by atoms with Gasteiger partial charge in [-0.1, -0.05) is 12.8 Å². The van der Waals surface area contributed by atoms with E-state index in [1.54, 1.807) is 0 Å². The largest absolute Gasteiger partial charge is 0.473 e. The van der Waals surface area contributed by atoms with E-state index in [1.165, 1.54) is 12.8 Å². The average molecular weight is 303 g/mol. The summed E-state index contributed by atoms with van der Waals surface area (Å²) in [6.45, 7) is 2.28. The van der Waals surface area contributed by atoms with Crippen LogP contribution in [0.1, 0.15) is 25.7 Å². The number of carbonyl (C=O) groups excluding carboxylic acids is 1. The number of aliphatic carboxylic acids is 2. The molecule has 8 heteroatoms. The van der Waals surface area contributed by atoms with Gasteiger partial charge in [0, 0.05) is 19.1 Å². The number of nitrogens with zero attached hydrogens (tertiary/aromatic N) is 1. The van der Waals surface area contributed by atoms with Crippen LogP contribution in [0.15, 0.2) is 0 Å². The first kappa shape index (κ1) is 19.3. The second-order valence-corrected chi connectivity index (χ2v) is 5.14. The van der Waals surface area contributed by atoms with E-state index in [-0.39, 0.29) is 5.91 Å². The third-order valence-corrected chi connectivity index (χ3v) is 2.92. The van der Waals surface area contributed by atoms with E-state index in [0.717, 1.165) is 25.9 Å². The lowest BCUT2D eigenvalue weighted by molar-refractivity contribution is -0.159. The lowest BCUT2D eigenvalue weighted by Gasteiger charge is -2.13. The minimum atomic E-state index is -1.82. The molecule has 0 saturated heterocycles. The van der Waals surface area contributed by atoms with Gasteiger partial charge in [-0.05, 0) is 26.9 Å². The fourth-order valence-electron chi connectivity index (χ4n) is 1.85. The second-order valence-electron chi connectivity index (χ2n) is 5.14. The Bertz CT molecular complexity index is 329. The molecule has 21 heavy (non-hydrogen) atoms. The molecule has 8 nitrogen and oxygen atoms in total. The Hall–Kier alpha value is -1.67. The number of hydrogen-bond donors (Lipinski definition) is 4. The third kappa shape index (κ3) is 11.8. The van der Waals surface area contributed by atoms with Gasteiger partial charge in [-0.25, -0.2) is 9.59 Å². The van der Waals surface area contributed by atoms with Gasteiger partial charge in [0.15, 0.2) is 0 Å². The fourth-order valence-corrected chi connectivity index (χ4v) is 1.85. The molecule has 0 aromatic carbocycles. The van der Waals surface area contributed by atoms with Crippen molar-refractivity contribution in [1.82, 2.24) is 15.5 Å². The molecule has 0 aliphatic heterocycles. The molecular formula is C13H25N3O5. The van der Waals surface area contributed by atoms with Gasteiger partial charge in [0.1, 0.15) is 0 Å². The number of carbonyl (C=O) groups is 3. The van der Waals surface area contributed by atoms with E-state index in [9.17, 15) is 4.79 Å². The van der Waals surface area contributed by atoms with Gasteiger partial charge in [-0.15, -0.1) is 0 Å². The molecule has 0 heterocycles. The van der Waals surface area contributed by atoms with Crippen molar-refractivity contribution < 1.29 is 24.6 Å². The standard InChI is InChI=1S/C11H23N3O.C2H2O4/c1-14(2)8-7-12-9-11(15)13-10-5-3-4-6-10;3-1(4)2(5)6/h10,12H,3-9H2,1-2H3,(H,13,15);(H,3,4)(H,5,6). The van der Waals surface area contributed by atoms with Crippen molar-refractivity contribution in [1.29, 1.82) is 0 Å². The lowest BCUT2D eigenvalue weighted by atomic mass is 10.2. The molecule has 0 unspecified atom stereocenters. The lowest BCUT2D eigenvalue weighted by Crippen LogP contribution is -2.40. The molecule has 0 aromatic rings. The SMILES string of the molecule is CN(C)CCNCC(=O)NC1CCCC1.O=C(O)C(=O)O. The first-order valence-corrected chi connectivity index (χ1v) is 6.94. The summed E-state index contributed by atoms with van der Waals surface area (Å²) in [5.41, 5.74) is 0. The molecule has 4 N–H and O–H groups in total. The molecule has 1 fully saturated rings. The first-order valence-electron chi connectivity index (χ1n) is 6.94. The van der Waals surface area contributed by atoms with E-state index in [2.05, 4.69) is 15.5 Å². The number of amides is 1. The summed E-state index contributed by atoms with van der Waals surface area (Å²) in [4.78, 5) is 31.8. The van der Waals surface area contributed by atoms with Crippen LogP contribution in [0.4, 0.5) is 0 Å². The quantitative estimate of drug-likeness (QED) is 0.380. The van der Waals surface area contributed by atoms with E-state index in [1.807, 2.05) is 14.1 Å². The summed E-state index contributed by atoms with van der Waals surface area (Å²) >= 11 is 0. The van der Waals surface area contributed by atoms with Crippen LogP contribution in [-0.4, -0.2) is 72.7 Å². The van der Waals surface area contributed by atoms with Crippen molar-refractivity contribution in [2.24, 2.45) is 0 Å². The number of rotatable bonds is 6. The van der Waals surface area contributed by atoms with Crippen molar-refractivity contribution in [3.05, 3.63) is 0 Å². The minimum absolute atomic E-state index is 0.139. The summed E-state index contributed by atoms with van der Waals surface area (Å²) in [6, 6.07) is 0.438. The fraction of sp³-hybridized carbons (Fsp3) is 0.769. The van der Waals surface area contributed by atoms with Gasteiger partial charge in [0.05, 0.1) is 6.54 Å². The van der Waals surface area contributed by atoms with Crippen molar-refractivity contribution in [2.45, 2.75) is 31.7 Å². The van der Waals surface area contributed by atoms with E-state index >= 15 is 0 Å². The number of carboxylic acids is 2. The Morgan fingerprint density at radius 3 is 2.05 bits per heavy atom. The summed E-state index contributed by atoms with van der Waals surface area (Å²) in [5.74, 6) is -3.51. The normalized spacial score (nSPS) is 14.4. The highest BCUT2D eigenvalue weighted by atomic mass is 16.4. The van der Waals surface area contributed by atoms with E-state index < -0.39 is 11.9 Å². The summed E-state index contributed by atoms with van der Waals surface area (Å²) in [6.07, 6.45) is 4.84. The van der Waals surface area contributed by atoms with E-state index in [4.69, 9.17) is 19.8 Å². The summed E-state index contributed by atoms with van der Waals surface area (Å²) < 4.78 is 0. The Balaban J connectivity index is 0.000000567. The molecule has 0 atom stereocenters. The zero-order valence-corrected chi connectivity index (χ0v) is 12.6. The summed E-state index contributed by atoms with van der Waals surface area (Å²) in [7, 11) is 4.06. The number of carboxylic acid groups (broad SMARTS) is 2. The van der Waals surface area contributed by atoms with Crippen molar-refractivity contribution >= 4 is 17.8 Å². The zero-order chi connectivity index (χ0) is 16.3. The monoisotopic (exact) mass is 303 g/mol. The van der Waals surface area contributed by atoms with Crippen LogP contribution >= 0.6 is 0 Å². The number of hydrogen-bond acceptors (Lipinski definition) is 5. The first-order chi connectivity index (χ1) is 9.82. The van der Waals surface area contributed by atoms with Crippen LogP contribution in [0.5, 0.6) is 0 Å². The van der Waals surface area contributed by atoms with Crippen LogP contribution in [0.3, 0.4) is 0 Å². The highest BCUT2D eigenvalue weighted by Gasteiger charge is 2.16. The molecule has 1 amide bonds. The summed E-state index contributed by atoms with van der Waals surface area (Å²) in [5, 5.41) is 21.0. The minimum Gasteiger partial charge on any atom is -0.473 e. The molecule has 1 aliphatic carbocycles. The molecule has 1 rings (SSSR count). The number of nitrogens with one attached hydrogen (secondary N) is 2. The Labute approximate surface area is 124 Å². The maximum atomic E-state index is 11.5. The highest BCUT2D eigenvalue weighted by Crippen LogP contribution is 2.17. The van der Waals surface area contributed by atoms with Gasteiger partial charge >= 0.3 is 11.9 Å². The molecule has 0 bridgehead atoms. The average Bonchev–Trinajstić information content (AvgIpc) is 2.88. The molecule has 0 aromatic heterocycles.